The van der Waals surface area contributed by atoms with Crippen molar-refractivity contribution in [2.24, 2.45) is 0 Å². The zero-order chi connectivity index (χ0) is 14.5. The van der Waals surface area contributed by atoms with Gasteiger partial charge in [-0.1, -0.05) is 23.7 Å². The number of anilines is 1. The van der Waals surface area contributed by atoms with Crippen LogP contribution in [-0.4, -0.2) is 4.92 Å². The number of nitro groups is 1. The molecule has 1 N–H and O–H groups in total. The number of nitrogens with zero attached hydrogens (tertiary/aromatic N) is 2. The minimum Gasteiger partial charge on any atom is -0.381 e. The lowest BCUT2D eigenvalue weighted by Gasteiger charge is -2.07. The highest BCUT2D eigenvalue weighted by Crippen LogP contribution is 2.22. The number of nitro benzene ring substituents is 1. The van der Waals surface area contributed by atoms with Crippen molar-refractivity contribution in [3.63, 3.8) is 0 Å². The summed E-state index contributed by atoms with van der Waals surface area (Å²) in [6.07, 6.45) is 0. The summed E-state index contributed by atoms with van der Waals surface area (Å²) in [6.45, 7) is 0.517. The summed E-state index contributed by atoms with van der Waals surface area (Å²) in [7, 11) is 0. The molecule has 2 aromatic rings. The second-order valence-corrected chi connectivity index (χ2v) is 4.52. The van der Waals surface area contributed by atoms with Crippen molar-refractivity contribution >= 4 is 23.0 Å². The van der Waals surface area contributed by atoms with Crippen LogP contribution in [0, 0.1) is 21.4 Å². The highest BCUT2D eigenvalue weighted by atomic mass is 35.5. The van der Waals surface area contributed by atoms with Crippen LogP contribution >= 0.6 is 11.6 Å². The first-order chi connectivity index (χ1) is 9.60. The predicted molar refractivity (Wildman–Crippen MR) is 76.6 cm³/mol. The normalized spacial score (nSPS) is 9.80. The average Bonchev–Trinajstić information content (AvgIpc) is 2.44. The molecule has 0 atom stereocenters. The van der Waals surface area contributed by atoms with Crippen LogP contribution in [0.15, 0.2) is 42.5 Å². The smallest absolute Gasteiger partial charge is 0.287 e. The highest BCUT2D eigenvalue weighted by Gasteiger charge is 2.13. The van der Waals surface area contributed by atoms with Crippen LogP contribution in [-0.2, 0) is 6.54 Å². The molecule has 6 heteroatoms. The van der Waals surface area contributed by atoms with Crippen LogP contribution in [0.4, 0.5) is 11.4 Å². The first kappa shape index (κ1) is 13.8. The minimum atomic E-state index is -0.570. The number of nitriles is 1. The Hall–Kier alpha value is -2.58. The molecule has 0 saturated carbocycles. The lowest BCUT2D eigenvalue weighted by atomic mass is 10.1. The van der Waals surface area contributed by atoms with Gasteiger partial charge in [-0.15, -0.1) is 0 Å². The quantitative estimate of drug-likeness (QED) is 0.686. The maximum absolute atomic E-state index is 10.7. The SMILES string of the molecule is N#Cc1cc(NCc2cccc(Cl)c2)ccc1[N+](=O)[O-]. The number of benzene rings is 2. The van der Waals surface area contributed by atoms with Gasteiger partial charge < -0.3 is 5.32 Å². The Morgan fingerprint density at radius 3 is 2.75 bits per heavy atom. The van der Waals surface area contributed by atoms with Crippen LogP contribution in [0.5, 0.6) is 0 Å². The molecule has 0 aliphatic rings. The standard InChI is InChI=1S/C14H10ClN3O2/c15-12-3-1-2-10(6-12)9-17-13-4-5-14(18(19)20)11(7-13)8-16/h1-7,17H,9H2. The first-order valence-electron chi connectivity index (χ1n) is 5.77. The second-order valence-electron chi connectivity index (χ2n) is 4.08. The van der Waals surface area contributed by atoms with E-state index in [1.54, 1.807) is 12.1 Å². The van der Waals surface area contributed by atoms with E-state index in [2.05, 4.69) is 5.32 Å². The van der Waals surface area contributed by atoms with Gasteiger partial charge in [-0.3, -0.25) is 10.1 Å². The predicted octanol–water partition coefficient (Wildman–Crippen LogP) is 3.73. The summed E-state index contributed by atoms with van der Waals surface area (Å²) in [5, 5.41) is 23.4. The van der Waals surface area contributed by atoms with E-state index >= 15 is 0 Å². The van der Waals surface area contributed by atoms with Crippen LogP contribution in [0.2, 0.25) is 5.02 Å². The summed E-state index contributed by atoms with van der Waals surface area (Å²) >= 11 is 5.88. The molecule has 0 aromatic heterocycles. The molecule has 0 unspecified atom stereocenters. The molecule has 0 heterocycles. The molecule has 0 aliphatic heterocycles. The maximum Gasteiger partial charge on any atom is 0.287 e. The lowest BCUT2D eigenvalue weighted by Crippen LogP contribution is -2.00. The van der Waals surface area contributed by atoms with Crippen LogP contribution in [0.25, 0.3) is 0 Å². The molecule has 2 rings (SSSR count). The van der Waals surface area contributed by atoms with E-state index in [0.717, 1.165) is 5.56 Å². The lowest BCUT2D eigenvalue weighted by molar-refractivity contribution is -0.385. The van der Waals surface area contributed by atoms with Crippen LogP contribution in [0.3, 0.4) is 0 Å². The molecule has 0 fully saturated rings. The fourth-order valence-electron chi connectivity index (χ4n) is 1.75. The summed E-state index contributed by atoms with van der Waals surface area (Å²) in [5.74, 6) is 0. The van der Waals surface area contributed by atoms with Gasteiger partial charge in [0.25, 0.3) is 5.69 Å². The van der Waals surface area contributed by atoms with Crippen LogP contribution in [0.1, 0.15) is 11.1 Å². The summed E-state index contributed by atoms with van der Waals surface area (Å²) in [6, 6.07) is 13.5. The fourth-order valence-corrected chi connectivity index (χ4v) is 1.96. The third-order valence-electron chi connectivity index (χ3n) is 2.70. The third kappa shape index (κ3) is 3.25. The summed E-state index contributed by atoms with van der Waals surface area (Å²) in [4.78, 5) is 10.2. The van der Waals surface area contributed by atoms with E-state index in [4.69, 9.17) is 16.9 Å². The zero-order valence-electron chi connectivity index (χ0n) is 10.3. The fraction of sp³-hybridized carbons (Fsp3) is 0.0714. The van der Waals surface area contributed by atoms with Gasteiger partial charge in [0, 0.05) is 23.3 Å². The van der Waals surface area contributed by atoms with Crippen molar-refractivity contribution in [1.29, 1.82) is 5.26 Å². The van der Waals surface area contributed by atoms with Gasteiger partial charge in [0.15, 0.2) is 0 Å². The van der Waals surface area contributed by atoms with Crippen molar-refractivity contribution < 1.29 is 4.92 Å². The monoisotopic (exact) mass is 287 g/mol. The first-order valence-corrected chi connectivity index (χ1v) is 6.15. The van der Waals surface area contributed by atoms with E-state index in [-0.39, 0.29) is 11.3 Å². The summed E-state index contributed by atoms with van der Waals surface area (Å²) in [5.41, 5.74) is 1.47. The number of nitrogens with one attached hydrogen (secondary N) is 1. The van der Waals surface area contributed by atoms with Crippen molar-refractivity contribution in [3.8, 4) is 6.07 Å². The topological polar surface area (TPSA) is 79.0 Å². The van der Waals surface area contributed by atoms with Gasteiger partial charge in [0.05, 0.1) is 4.92 Å². The van der Waals surface area contributed by atoms with Gasteiger partial charge in [-0.25, -0.2) is 0 Å². The number of hydrogen-bond donors (Lipinski definition) is 1. The Kier molecular flexibility index (Phi) is 4.18. The maximum atomic E-state index is 10.7. The van der Waals surface area contributed by atoms with Crippen molar-refractivity contribution in [2.75, 3.05) is 5.32 Å². The molecule has 2 aromatic carbocycles. The largest absolute Gasteiger partial charge is 0.381 e. The third-order valence-corrected chi connectivity index (χ3v) is 2.93. The summed E-state index contributed by atoms with van der Waals surface area (Å²) < 4.78 is 0. The van der Waals surface area contributed by atoms with Crippen molar-refractivity contribution in [3.05, 3.63) is 68.7 Å². The van der Waals surface area contributed by atoms with E-state index in [1.807, 2.05) is 24.3 Å². The molecule has 0 radical (unpaired) electrons. The second kappa shape index (κ2) is 6.04. The van der Waals surface area contributed by atoms with Crippen molar-refractivity contribution in [2.45, 2.75) is 6.54 Å². The van der Waals surface area contributed by atoms with Gasteiger partial charge in [0.2, 0.25) is 0 Å². The van der Waals surface area contributed by atoms with Gasteiger partial charge >= 0.3 is 0 Å². The number of halogens is 1. The molecule has 0 amide bonds. The molecular formula is C14H10ClN3O2. The molecular weight excluding hydrogens is 278 g/mol. The Morgan fingerprint density at radius 2 is 2.10 bits per heavy atom. The van der Waals surface area contributed by atoms with E-state index < -0.39 is 4.92 Å². The Bertz CT molecular complexity index is 695. The number of rotatable bonds is 4. The van der Waals surface area contributed by atoms with E-state index in [1.165, 1.54) is 12.1 Å². The molecule has 0 saturated heterocycles. The molecule has 100 valence electrons. The Morgan fingerprint density at radius 1 is 1.30 bits per heavy atom. The molecule has 0 spiro atoms. The van der Waals surface area contributed by atoms with E-state index in [0.29, 0.717) is 17.3 Å². The molecule has 20 heavy (non-hydrogen) atoms. The van der Waals surface area contributed by atoms with Crippen molar-refractivity contribution in [1.82, 2.24) is 0 Å². The van der Waals surface area contributed by atoms with Crippen LogP contribution < -0.4 is 5.32 Å². The Balaban J connectivity index is 2.15. The Labute approximate surface area is 120 Å². The molecule has 5 nitrogen and oxygen atoms in total. The molecule has 0 aliphatic carbocycles. The molecule has 0 bridgehead atoms. The number of hydrogen-bond acceptors (Lipinski definition) is 4. The highest BCUT2D eigenvalue weighted by molar-refractivity contribution is 6.30. The van der Waals surface area contributed by atoms with Gasteiger partial charge in [-0.05, 0) is 29.8 Å². The zero-order valence-corrected chi connectivity index (χ0v) is 11.1. The minimum absolute atomic E-state index is 0.0334. The van der Waals surface area contributed by atoms with E-state index in [9.17, 15) is 10.1 Å². The average molecular weight is 288 g/mol. The van der Waals surface area contributed by atoms with Gasteiger partial charge in [-0.2, -0.15) is 5.26 Å². The van der Waals surface area contributed by atoms with Gasteiger partial charge in [0.1, 0.15) is 11.6 Å².